The minimum absolute atomic E-state index is 0.0105. The normalized spacial score (nSPS) is 22.8. The Morgan fingerprint density at radius 1 is 1.17 bits per heavy atom. The summed E-state index contributed by atoms with van der Waals surface area (Å²) in [6, 6.07) is 2.77. The van der Waals surface area contributed by atoms with Gasteiger partial charge in [-0.1, -0.05) is 25.7 Å². The molecule has 1 saturated carbocycles. The Morgan fingerprint density at radius 2 is 1.86 bits per heavy atom. The number of hydrogen-bond donors (Lipinski definition) is 4. The molecule has 4 N–H and O–H groups in total. The van der Waals surface area contributed by atoms with Crippen LogP contribution in [0.4, 0.5) is 0 Å². The third kappa shape index (κ3) is 6.90. The van der Waals surface area contributed by atoms with Crippen molar-refractivity contribution < 1.29 is 34.4 Å². The molecule has 2 amide bonds. The molecule has 10 heteroatoms. The molecular formula is C26H37IN2O7. The number of halogens is 1. The molecule has 3 rings (SSSR count). The van der Waals surface area contributed by atoms with Gasteiger partial charge in [0.15, 0.2) is 11.5 Å². The van der Waals surface area contributed by atoms with Crippen LogP contribution in [0.1, 0.15) is 57.4 Å². The van der Waals surface area contributed by atoms with Gasteiger partial charge in [0, 0.05) is 31.5 Å². The summed E-state index contributed by atoms with van der Waals surface area (Å²) in [7, 11) is 1.49. The first-order valence-electron chi connectivity index (χ1n) is 12.5. The maximum atomic E-state index is 12.9. The van der Waals surface area contributed by atoms with Gasteiger partial charge in [-0.15, -0.1) is 0 Å². The van der Waals surface area contributed by atoms with Crippen molar-refractivity contribution in [3.63, 3.8) is 0 Å². The molecule has 2 aliphatic carbocycles. The van der Waals surface area contributed by atoms with Gasteiger partial charge in [-0.2, -0.15) is 0 Å². The number of carbonyl (C=O) groups excluding carboxylic acids is 2. The number of methoxy groups -OCH3 is 1. The summed E-state index contributed by atoms with van der Waals surface area (Å²) in [6.07, 6.45) is 5.78. The molecule has 0 spiro atoms. The maximum Gasteiger partial charge on any atom is 0.247 e. The zero-order valence-electron chi connectivity index (χ0n) is 20.9. The van der Waals surface area contributed by atoms with Crippen molar-refractivity contribution in [1.82, 2.24) is 10.2 Å². The second-order valence-electron chi connectivity index (χ2n) is 9.35. The molecule has 9 nitrogen and oxygen atoms in total. The number of hydrogen-bond acceptors (Lipinski definition) is 7. The lowest BCUT2D eigenvalue weighted by atomic mass is 9.86. The number of nitrogens with zero attached hydrogens (tertiary/aromatic N) is 1. The zero-order valence-corrected chi connectivity index (χ0v) is 23.1. The summed E-state index contributed by atoms with van der Waals surface area (Å²) >= 11 is 2.08. The molecule has 1 aromatic carbocycles. The predicted molar refractivity (Wildman–Crippen MR) is 143 cm³/mol. The van der Waals surface area contributed by atoms with Gasteiger partial charge in [-0.25, -0.2) is 0 Å². The van der Waals surface area contributed by atoms with Crippen LogP contribution in [-0.2, 0) is 16.2 Å². The monoisotopic (exact) mass is 616 g/mol. The van der Waals surface area contributed by atoms with E-state index in [1.807, 2.05) is 0 Å². The van der Waals surface area contributed by atoms with Crippen LogP contribution >= 0.6 is 22.6 Å². The minimum atomic E-state index is -1.08. The molecule has 1 aromatic rings. The van der Waals surface area contributed by atoms with Crippen molar-refractivity contribution in [2.24, 2.45) is 0 Å². The first-order valence-corrected chi connectivity index (χ1v) is 13.6. The molecule has 200 valence electrons. The van der Waals surface area contributed by atoms with E-state index >= 15 is 0 Å². The van der Waals surface area contributed by atoms with E-state index in [1.54, 1.807) is 23.1 Å². The van der Waals surface area contributed by atoms with Gasteiger partial charge in [0.2, 0.25) is 11.8 Å². The van der Waals surface area contributed by atoms with Gasteiger partial charge in [0.1, 0.15) is 12.2 Å². The van der Waals surface area contributed by atoms with E-state index in [4.69, 9.17) is 14.6 Å². The summed E-state index contributed by atoms with van der Waals surface area (Å²) in [6.45, 7) is 1.25. The number of carbonyl (C=O) groups is 2. The van der Waals surface area contributed by atoms with E-state index in [0.717, 1.165) is 38.5 Å². The Morgan fingerprint density at radius 3 is 2.44 bits per heavy atom. The molecule has 0 bridgehead atoms. The summed E-state index contributed by atoms with van der Waals surface area (Å²) in [4.78, 5) is 27.6. The van der Waals surface area contributed by atoms with Crippen LogP contribution in [0.2, 0.25) is 0 Å². The average molecular weight is 616 g/mol. The first-order chi connectivity index (χ1) is 17.3. The molecule has 3 atom stereocenters. The first kappa shape index (κ1) is 28.7. The SMILES string of the molecule is COc1cc(CO)cc(I)c1O[C@H]1C=C(C(=O)NCCO)C[C@@H](N(C(C)=O)C2CCCCCC2)[C@@H]1O. The van der Waals surface area contributed by atoms with Crippen LogP contribution in [-0.4, -0.2) is 76.6 Å². The van der Waals surface area contributed by atoms with E-state index in [9.17, 15) is 19.8 Å². The Balaban J connectivity index is 1.99. The van der Waals surface area contributed by atoms with Crippen molar-refractivity contribution in [3.05, 3.63) is 32.9 Å². The summed E-state index contributed by atoms with van der Waals surface area (Å²) in [5, 5.41) is 32.9. The van der Waals surface area contributed by atoms with Crippen LogP contribution in [0.15, 0.2) is 23.8 Å². The molecule has 36 heavy (non-hydrogen) atoms. The zero-order chi connectivity index (χ0) is 26.2. The number of aliphatic hydroxyl groups is 3. The smallest absolute Gasteiger partial charge is 0.247 e. The van der Waals surface area contributed by atoms with Crippen molar-refractivity contribution in [1.29, 1.82) is 0 Å². The van der Waals surface area contributed by atoms with Gasteiger partial charge < -0.3 is 35.0 Å². The van der Waals surface area contributed by atoms with E-state index in [2.05, 4.69) is 27.9 Å². The summed E-state index contributed by atoms with van der Waals surface area (Å²) in [5.41, 5.74) is 1.05. The lowest BCUT2D eigenvalue weighted by Gasteiger charge is -2.43. The maximum absolute atomic E-state index is 12.9. The van der Waals surface area contributed by atoms with Crippen molar-refractivity contribution in [3.8, 4) is 11.5 Å². The highest BCUT2D eigenvalue weighted by atomic mass is 127. The second kappa shape index (κ2) is 13.6. The lowest BCUT2D eigenvalue weighted by Crippen LogP contribution is -2.57. The number of amides is 2. The van der Waals surface area contributed by atoms with E-state index in [0.29, 0.717) is 26.2 Å². The van der Waals surface area contributed by atoms with Crippen LogP contribution < -0.4 is 14.8 Å². The van der Waals surface area contributed by atoms with Crippen LogP contribution in [0, 0.1) is 3.57 Å². The topological polar surface area (TPSA) is 129 Å². The second-order valence-corrected chi connectivity index (χ2v) is 10.5. The number of ether oxygens (including phenoxy) is 2. The van der Waals surface area contributed by atoms with E-state index in [-0.39, 0.29) is 44.0 Å². The van der Waals surface area contributed by atoms with Crippen LogP contribution in [0.25, 0.3) is 0 Å². The Kier molecular flexibility index (Phi) is 10.8. The van der Waals surface area contributed by atoms with E-state index in [1.165, 1.54) is 14.0 Å². The molecule has 1 fully saturated rings. The quantitative estimate of drug-likeness (QED) is 0.248. The van der Waals surface area contributed by atoms with Crippen LogP contribution in [0.3, 0.4) is 0 Å². The molecule has 2 aliphatic rings. The number of benzene rings is 1. The van der Waals surface area contributed by atoms with Gasteiger partial charge >= 0.3 is 0 Å². The Bertz CT molecular complexity index is 946. The van der Waals surface area contributed by atoms with Gasteiger partial charge in [0.25, 0.3) is 0 Å². The van der Waals surface area contributed by atoms with Crippen molar-refractivity contribution in [2.45, 2.75) is 82.8 Å². The third-order valence-corrected chi connectivity index (χ3v) is 7.68. The fraction of sp³-hybridized carbons (Fsp3) is 0.615. The lowest BCUT2D eigenvalue weighted by molar-refractivity contribution is -0.140. The highest BCUT2D eigenvalue weighted by Crippen LogP contribution is 2.38. The van der Waals surface area contributed by atoms with Gasteiger partial charge in [-0.3, -0.25) is 9.59 Å². The fourth-order valence-electron chi connectivity index (χ4n) is 5.16. The highest BCUT2D eigenvalue weighted by Gasteiger charge is 2.42. The standard InChI is InChI=1S/C26H37IN2O7/c1-16(32)29(19-7-5-3-4-6-8-19)21-13-18(26(34)28-9-10-30)14-22(24(21)33)36-25-20(27)11-17(15-31)12-23(25)35-2/h11-12,14,19,21-22,24,30-31,33H,3-10,13,15H2,1-2H3,(H,28,34)/t21-,22+,24+/m1/s1. The number of rotatable bonds is 9. The fourth-order valence-corrected chi connectivity index (χ4v) is 5.95. The van der Waals surface area contributed by atoms with Gasteiger partial charge in [-0.05, 0) is 59.2 Å². The molecule has 0 heterocycles. The Hall–Kier alpha value is -1.89. The van der Waals surface area contributed by atoms with Crippen molar-refractivity contribution in [2.75, 3.05) is 20.3 Å². The Labute approximate surface area is 226 Å². The predicted octanol–water partition coefficient (Wildman–Crippen LogP) is 2.28. The molecular weight excluding hydrogens is 579 g/mol. The number of nitrogens with one attached hydrogen (secondary N) is 1. The van der Waals surface area contributed by atoms with Crippen molar-refractivity contribution >= 4 is 34.4 Å². The number of aliphatic hydroxyl groups excluding tert-OH is 3. The molecule has 0 saturated heterocycles. The highest BCUT2D eigenvalue weighted by molar-refractivity contribution is 14.1. The van der Waals surface area contributed by atoms with Crippen LogP contribution in [0.5, 0.6) is 11.5 Å². The molecule has 0 aromatic heterocycles. The molecule has 0 radical (unpaired) electrons. The largest absolute Gasteiger partial charge is 0.493 e. The van der Waals surface area contributed by atoms with E-state index < -0.39 is 18.2 Å². The molecule has 0 unspecified atom stereocenters. The molecule has 0 aliphatic heterocycles. The summed E-state index contributed by atoms with van der Waals surface area (Å²) in [5.74, 6) is 0.278. The summed E-state index contributed by atoms with van der Waals surface area (Å²) < 4.78 is 12.4. The minimum Gasteiger partial charge on any atom is -0.493 e. The van der Waals surface area contributed by atoms with Gasteiger partial charge in [0.05, 0.1) is 29.9 Å². The average Bonchev–Trinajstić information content (AvgIpc) is 3.14. The third-order valence-electron chi connectivity index (χ3n) is 6.88.